The summed E-state index contributed by atoms with van der Waals surface area (Å²) in [6.45, 7) is 0. The van der Waals surface area contributed by atoms with E-state index in [9.17, 15) is 9.59 Å². The maximum Gasteiger partial charge on any atom is 0.321 e. The minimum atomic E-state index is -0.762. The van der Waals surface area contributed by atoms with Gasteiger partial charge in [0.15, 0.2) is 12.6 Å². The maximum absolute atomic E-state index is 11.6. The van der Waals surface area contributed by atoms with E-state index in [-0.39, 0.29) is 6.42 Å². The zero-order valence-corrected chi connectivity index (χ0v) is 10.9. The Labute approximate surface area is 105 Å². The molecule has 1 aliphatic heterocycles. The molecular formula is C11H18O7. The summed E-state index contributed by atoms with van der Waals surface area (Å²) in [7, 11) is 5.65. The minimum Gasteiger partial charge on any atom is -0.392 e. The number of hydrogen-bond donors (Lipinski definition) is 0. The Balaban J connectivity index is 2.83. The van der Waals surface area contributed by atoms with Gasteiger partial charge in [0, 0.05) is 28.4 Å². The van der Waals surface area contributed by atoms with Gasteiger partial charge in [-0.15, -0.1) is 0 Å². The van der Waals surface area contributed by atoms with E-state index in [1.54, 1.807) is 0 Å². The second-order valence-corrected chi connectivity index (χ2v) is 3.87. The van der Waals surface area contributed by atoms with Gasteiger partial charge in [-0.2, -0.15) is 0 Å². The molecule has 0 bridgehead atoms. The molecule has 104 valence electrons. The first kappa shape index (κ1) is 15.0. The first-order chi connectivity index (χ1) is 8.58. The molecule has 0 unspecified atom stereocenters. The van der Waals surface area contributed by atoms with Crippen LogP contribution in [0.4, 0.5) is 0 Å². The SMILES string of the molecule is COC(OC)[C@@H]1C[C@H](C(OC)OC)C(=O)OC1=O. The van der Waals surface area contributed by atoms with E-state index in [1.165, 1.54) is 28.4 Å². The molecule has 1 saturated heterocycles. The van der Waals surface area contributed by atoms with Crippen molar-refractivity contribution in [3.8, 4) is 0 Å². The van der Waals surface area contributed by atoms with Crippen molar-refractivity contribution >= 4 is 11.9 Å². The van der Waals surface area contributed by atoms with Crippen LogP contribution in [0, 0.1) is 11.8 Å². The lowest BCUT2D eigenvalue weighted by atomic mass is 9.90. The minimum absolute atomic E-state index is 0.191. The van der Waals surface area contributed by atoms with Crippen LogP contribution in [0.2, 0.25) is 0 Å². The highest BCUT2D eigenvalue weighted by Gasteiger charge is 2.45. The summed E-state index contributed by atoms with van der Waals surface area (Å²) in [6, 6.07) is 0. The Morgan fingerprint density at radius 2 is 1.22 bits per heavy atom. The number of ether oxygens (including phenoxy) is 5. The molecule has 18 heavy (non-hydrogen) atoms. The van der Waals surface area contributed by atoms with E-state index in [1.807, 2.05) is 0 Å². The van der Waals surface area contributed by atoms with Crippen molar-refractivity contribution < 1.29 is 33.3 Å². The summed E-state index contributed by atoms with van der Waals surface area (Å²) in [5, 5.41) is 0. The van der Waals surface area contributed by atoms with Crippen molar-refractivity contribution in [1.29, 1.82) is 0 Å². The molecule has 1 fully saturated rings. The summed E-state index contributed by atoms with van der Waals surface area (Å²) in [5.74, 6) is -2.68. The topological polar surface area (TPSA) is 80.3 Å². The van der Waals surface area contributed by atoms with Crippen molar-refractivity contribution in [2.75, 3.05) is 28.4 Å². The lowest BCUT2D eigenvalue weighted by Gasteiger charge is -2.32. The third-order valence-electron chi connectivity index (χ3n) is 2.90. The van der Waals surface area contributed by atoms with E-state index in [0.717, 1.165) is 0 Å². The van der Waals surface area contributed by atoms with Crippen LogP contribution in [-0.2, 0) is 33.3 Å². The van der Waals surface area contributed by atoms with Crippen molar-refractivity contribution in [3.05, 3.63) is 0 Å². The molecule has 7 heteroatoms. The fraction of sp³-hybridized carbons (Fsp3) is 0.818. The Morgan fingerprint density at radius 1 is 0.889 bits per heavy atom. The summed E-state index contributed by atoms with van der Waals surface area (Å²) in [4.78, 5) is 23.2. The van der Waals surface area contributed by atoms with Gasteiger partial charge < -0.3 is 23.7 Å². The first-order valence-electron chi connectivity index (χ1n) is 5.45. The van der Waals surface area contributed by atoms with Crippen LogP contribution in [0.5, 0.6) is 0 Å². The predicted octanol–water partition coefficient (Wildman–Crippen LogP) is -0.0699. The van der Waals surface area contributed by atoms with Gasteiger partial charge in [-0.05, 0) is 6.42 Å². The van der Waals surface area contributed by atoms with Crippen molar-refractivity contribution in [1.82, 2.24) is 0 Å². The zero-order chi connectivity index (χ0) is 13.7. The van der Waals surface area contributed by atoms with Gasteiger partial charge in [-0.25, -0.2) is 0 Å². The molecule has 2 atom stereocenters. The zero-order valence-electron chi connectivity index (χ0n) is 10.9. The van der Waals surface area contributed by atoms with Crippen LogP contribution in [0.1, 0.15) is 6.42 Å². The summed E-state index contributed by atoms with van der Waals surface area (Å²) >= 11 is 0. The van der Waals surface area contributed by atoms with Crippen molar-refractivity contribution in [2.45, 2.75) is 19.0 Å². The average Bonchev–Trinajstić information content (AvgIpc) is 2.36. The second-order valence-electron chi connectivity index (χ2n) is 3.87. The van der Waals surface area contributed by atoms with Crippen LogP contribution in [0.25, 0.3) is 0 Å². The molecule has 0 spiro atoms. The van der Waals surface area contributed by atoms with E-state index in [0.29, 0.717) is 0 Å². The Morgan fingerprint density at radius 3 is 1.50 bits per heavy atom. The molecule has 0 saturated carbocycles. The van der Waals surface area contributed by atoms with Gasteiger partial charge in [0.25, 0.3) is 0 Å². The van der Waals surface area contributed by atoms with Crippen LogP contribution in [0.3, 0.4) is 0 Å². The molecule has 0 aliphatic carbocycles. The molecule has 0 radical (unpaired) electrons. The molecule has 1 heterocycles. The van der Waals surface area contributed by atoms with Gasteiger partial charge in [0.1, 0.15) is 11.8 Å². The van der Waals surface area contributed by atoms with E-state index >= 15 is 0 Å². The molecular weight excluding hydrogens is 244 g/mol. The molecule has 0 aromatic rings. The number of cyclic esters (lactones) is 2. The Bertz CT molecular complexity index is 268. The highest BCUT2D eigenvalue weighted by atomic mass is 16.7. The number of carbonyl (C=O) groups excluding carboxylic acids is 2. The molecule has 1 aliphatic rings. The standard InChI is InChI=1S/C11H18O7/c1-14-10(15-2)6-5-7(11(16-3)17-4)9(13)18-8(6)12/h6-7,10-11H,5H2,1-4H3/t6-,7+. The highest BCUT2D eigenvalue weighted by Crippen LogP contribution is 2.29. The monoisotopic (exact) mass is 262 g/mol. The molecule has 0 aromatic heterocycles. The van der Waals surface area contributed by atoms with E-state index in [2.05, 4.69) is 4.74 Å². The van der Waals surface area contributed by atoms with Gasteiger partial charge >= 0.3 is 11.9 Å². The van der Waals surface area contributed by atoms with E-state index in [4.69, 9.17) is 18.9 Å². The summed E-state index contributed by atoms with van der Waals surface area (Å²) < 4.78 is 24.8. The van der Waals surface area contributed by atoms with Crippen LogP contribution >= 0.6 is 0 Å². The lowest BCUT2D eigenvalue weighted by Crippen LogP contribution is -2.46. The van der Waals surface area contributed by atoms with Crippen LogP contribution < -0.4 is 0 Å². The molecule has 0 aromatic carbocycles. The summed E-state index contributed by atoms with van der Waals surface area (Å²) in [5.41, 5.74) is 0. The van der Waals surface area contributed by atoms with Crippen LogP contribution in [0.15, 0.2) is 0 Å². The maximum atomic E-state index is 11.6. The summed E-state index contributed by atoms with van der Waals surface area (Å²) in [6.07, 6.45) is -1.33. The van der Waals surface area contributed by atoms with Gasteiger partial charge in [0.05, 0.1) is 0 Å². The van der Waals surface area contributed by atoms with Gasteiger partial charge in [-0.1, -0.05) is 0 Å². The second kappa shape index (κ2) is 6.79. The van der Waals surface area contributed by atoms with E-state index < -0.39 is 36.4 Å². The highest BCUT2D eigenvalue weighted by molar-refractivity contribution is 5.91. The Hall–Kier alpha value is -1.02. The average molecular weight is 262 g/mol. The largest absolute Gasteiger partial charge is 0.392 e. The quantitative estimate of drug-likeness (QED) is 0.376. The Kier molecular flexibility index (Phi) is 5.67. The molecule has 0 N–H and O–H groups in total. The number of rotatable bonds is 6. The fourth-order valence-electron chi connectivity index (χ4n) is 2.01. The lowest BCUT2D eigenvalue weighted by molar-refractivity contribution is -0.211. The predicted molar refractivity (Wildman–Crippen MR) is 58.3 cm³/mol. The number of methoxy groups -OCH3 is 4. The van der Waals surface area contributed by atoms with Crippen molar-refractivity contribution in [3.63, 3.8) is 0 Å². The number of esters is 2. The molecule has 0 amide bonds. The van der Waals surface area contributed by atoms with Crippen LogP contribution in [-0.4, -0.2) is 53.0 Å². The number of carbonyl (C=O) groups is 2. The van der Waals surface area contributed by atoms with Gasteiger partial charge in [0.2, 0.25) is 0 Å². The third-order valence-corrected chi connectivity index (χ3v) is 2.90. The molecule has 1 rings (SSSR count). The van der Waals surface area contributed by atoms with Crippen molar-refractivity contribution in [2.24, 2.45) is 11.8 Å². The normalized spacial score (nSPS) is 24.8. The first-order valence-corrected chi connectivity index (χ1v) is 5.45. The molecule has 7 nitrogen and oxygen atoms in total. The smallest absolute Gasteiger partial charge is 0.321 e. The number of hydrogen-bond acceptors (Lipinski definition) is 7. The third kappa shape index (κ3) is 3.05. The fourth-order valence-corrected chi connectivity index (χ4v) is 2.01. The van der Waals surface area contributed by atoms with Gasteiger partial charge in [-0.3, -0.25) is 9.59 Å².